The number of esters is 1. The van der Waals surface area contributed by atoms with Gasteiger partial charge >= 0.3 is 5.97 Å². The lowest BCUT2D eigenvalue weighted by molar-refractivity contribution is -0.125. The third-order valence-corrected chi connectivity index (χ3v) is 5.35. The number of aryl methyl sites for hydroxylation is 1. The highest BCUT2D eigenvalue weighted by Crippen LogP contribution is 2.25. The first-order valence-corrected chi connectivity index (χ1v) is 9.62. The Morgan fingerprint density at radius 3 is 2.67 bits per heavy atom. The fourth-order valence-corrected chi connectivity index (χ4v) is 3.80. The van der Waals surface area contributed by atoms with Crippen molar-refractivity contribution in [2.45, 2.75) is 45.6 Å². The van der Waals surface area contributed by atoms with Crippen LogP contribution >= 0.6 is 11.6 Å². The molecule has 7 heteroatoms. The molecule has 1 aromatic carbocycles. The lowest BCUT2D eigenvalue weighted by atomic mass is 9.86. The molecule has 27 heavy (non-hydrogen) atoms. The first-order chi connectivity index (χ1) is 13.0. The SMILES string of the molecule is Cc1nn(-c2ccccc2)c(Cl)c1C(=O)OCC(=O)N[C@H]1CCCC[C@H]1C. The Morgan fingerprint density at radius 1 is 1.26 bits per heavy atom. The Bertz CT molecular complexity index is 819. The van der Waals surface area contributed by atoms with Crippen molar-refractivity contribution in [3.8, 4) is 5.69 Å². The maximum absolute atomic E-state index is 12.5. The second-order valence-corrected chi connectivity index (χ2v) is 7.37. The molecule has 0 radical (unpaired) electrons. The number of ether oxygens (including phenoxy) is 1. The van der Waals surface area contributed by atoms with E-state index in [1.807, 2.05) is 30.3 Å². The van der Waals surface area contributed by atoms with Crippen molar-refractivity contribution < 1.29 is 14.3 Å². The average Bonchev–Trinajstić information content (AvgIpc) is 2.97. The summed E-state index contributed by atoms with van der Waals surface area (Å²) in [6.45, 7) is 3.50. The highest BCUT2D eigenvalue weighted by Gasteiger charge is 2.25. The summed E-state index contributed by atoms with van der Waals surface area (Å²) in [4.78, 5) is 24.6. The van der Waals surface area contributed by atoms with Crippen LogP contribution in [0.1, 0.15) is 48.7 Å². The zero-order valence-corrected chi connectivity index (χ0v) is 16.3. The molecule has 2 aromatic rings. The molecule has 0 saturated heterocycles. The molecule has 144 valence electrons. The Kier molecular flexibility index (Phi) is 6.16. The summed E-state index contributed by atoms with van der Waals surface area (Å²) >= 11 is 6.35. The fraction of sp³-hybridized carbons (Fsp3) is 0.450. The molecule has 1 heterocycles. The van der Waals surface area contributed by atoms with Crippen LogP contribution in [-0.4, -0.2) is 34.3 Å². The van der Waals surface area contributed by atoms with Gasteiger partial charge in [0, 0.05) is 6.04 Å². The molecule has 0 unspecified atom stereocenters. The third kappa shape index (κ3) is 4.50. The molecule has 3 rings (SSSR count). The van der Waals surface area contributed by atoms with E-state index in [-0.39, 0.29) is 29.3 Å². The number of benzene rings is 1. The van der Waals surface area contributed by atoms with Crippen molar-refractivity contribution >= 4 is 23.5 Å². The number of carbonyl (C=O) groups excluding carboxylic acids is 2. The van der Waals surface area contributed by atoms with Crippen LogP contribution in [0.3, 0.4) is 0 Å². The smallest absolute Gasteiger partial charge is 0.343 e. The second kappa shape index (κ2) is 8.57. The van der Waals surface area contributed by atoms with Crippen molar-refractivity contribution in [3.05, 3.63) is 46.7 Å². The van der Waals surface area contributed by atoms with Gasteiger partial charge in [-0.15, -0.1) is 0 Å². The number of rotatable bonds is 5. The van der Waals surface area contributed by atoms with E-state index in [1.165, 1.54) is 11.1 Å². The van der Waals surface area contributed by atoms with Gasteiger partial charge in [0.1, 0.15) is 10.7 Å². The summed E-state index contributed by atoms with van der Waals surface area (Å²) < 4.78 is 6.67. The van der Waals surface area contributed by atoms with Crippen LogP contribution in [-0.2, 0) is 9.53 Å². The number of para-hydroxylation sites is 1. The zero-order valence-electron chi connectivity index (χ0n) is 15.6. The molecule has 1 amide bonds. The summed E-state index contributed by atoms with van der Waals surface area (Å²) in [7, 11) is 0. The van der Waals surface area contributed by atoms with Gasteiger partial charge in [-0.1, -0.05) is 49.6 Å². The number of amides is 1. The second-order valence-electron chi connectivity index (χ2n) is 7.01. The van der Waals surface area contributed by atoms with E-state index in [0.717, 1.165) is 24.9 Å². The number of nitrogens with one attached hydrogen (secondary N) is 1. The quantitative estimate of drug-likeness (QED) is 0.791. The molecule has 6 nitrogen and oxygen atoms in total. The number of aromatic nitrogens is 2. The van der Waals surface area contributed by atoms with Crippen molar-refractivity contribution in [2.75, 3.05) is 6.61 Å². The number of hydrogen-bond acceptors (Lipinski definition) is 4. The Hall–Kier alpha value is -2.34. The summed E-state index contributed by atoms with van der Waals surface area (Å²) in [5.41, 5.74) is 1.38. The molecular formula is C20H24ClN3O3. The molecule has 0 aliphatic heterocycles. The molecule has 1 aliphatic rings. The van der Waals surface area contributed by atoms with E-state index in [1.54, 1.807) is 6.92 Å². The molecule has 1 saturated carbocycles. The van der Waals surface area contributed by atoms with Crippen LogP contribution in [0.4, 0.5) is 0 Å². The standard InChI is InChI=1S/C20H24ClN3O3/c1-13-8-6-7-11-16(13)22-17(25)12-27-20(26)18-14(2)23-24(19(18)21)15-9-4-3-5-10-15/h3-5,9-10,13,16H,6-8,11-12H2,1-2H3,(H,22,25)/t13-,16+/m1/s1. The topological polar surface area (TPSA) is 73.2 Å². The maximum atomic E-state index is 12.5. The normalized spacial score (nSPS) is 19.5. The summed E-state index contributed by atoms with van der Waals surface area (Å²) in [5, 5.41) is 7.45. The zero-order chi connectivity index (χ0) is 19.4. The lowest BCUT2D eigenvalue weighted by Gasteiger charge is -2.29. The van der Waals surface area contributed by atoms with E-state index in [9.17, 15) is 9.59 Å². The van der Waals surface area contributed by atoms with E-state index >= 15 is 0 Å². The Labute approximate surface area is 163 Å². The van der Waals surface area contributed by atoms with Crippen LogP contribution in [0.15, 0.2) is 30.3 Å². The van der Waals surface area contributed by atoms with Crippen molar-refractivity contribution in [1.29, 1.82) is 0 Å². The van der Waals surface area contributed by atoms with Crippen LogP contribution < -0.4 is 5.32 Å². The van der Waals surface area contributed by atoms with Gasteiger partial charge in [-0.05, 0) is 37.8 Å². The van der Waals surface area contributed by atoms with Gasteiger partial charge < -0.3 is 10.1 Å². The monoisotopic (exact) mass is 389 g/mol. The lowest BCUT2D eigenvalue weighted by Crippen LogP contribution is -2.42. The Morgan fingerprint density at radius 2 is 1.96 bits per heavy atom. The van der Waals surface area contributed by atoms with Crippen molar-refractivity contribution in [3.63, 3.8) is 0 Å². The minimum absolute atomic E-state index is 0.149. The number of nitrogens with zero attached hydrogens (tertiary/aromatic N) is 2. The van der Waals surface area contributed by atoms with Gasteiger partial charge in [0.25, 0.3) is 5.91 Å². The predicted octanol–water partition coefficient (Wildman–Crippen LogP) is 3.69. The Balaban J connectivity index is 1.63. The minimum Gasteiger partial charge on any atom is -0.452 e. The van der Waals surface area contributed by atoms with E-state index in [0.29, 0.717) is 11.6 Å². The van der Waals surface area contributed by atoms with E-state index < -0.39 is 5.97 Å². The largest absolute Gasteiger partial charge is 0.452 e. The van der Waals surface area contributed by atoms with Gasteiger partial charge in [-0.3, -0.25) is 4.79 Å². The fourth-order valence-electron chi connectivity index (χ4n) is 3.45. The van der Waals surface area contributed by atoms with Gasteiger partial charge in [0.2, 0.25) is 0 Å². The van der Waals surface area contributed by atoms with Gasteiger partial charge in [0.05, 0.1) is 11.4 Å². The number of halogens is 1. The van der Waals surface area contributed by atoms with Crippen molar-refractivity contribution in [2.24, 2.45) is 5.92 Å². The maximum Gasteiger partial charge on any atom is 0.343 e. The summed E-state index contributed by atoms with van der Waals surface area (Å²) in [5.74, 6) is -0.489. The molecule has 0 bridgehead atoms. The van der Waals surface area contributed by atoms with Crippen LogP contribution in [0.25, 0.3) is 5.69 Å². The predicted molar refractivity (Wildman–Crippen MR) is 103 cm³/mol. The van der Waals surface area contributed by atoms with Gasteiger partial charge in [-0.25, -0.2) is 9.48 Å². The average molecular weight is 390 g/mol. The molecule has 0 spiro atoms. The number of carbonyl (C=O) groups is 2. The van der Waals surface area contributed by atoms with Crippen LogP contribution in [0.5, 0.6) is 0 Å². The highest BCUT2D eigenvalue weighted by atomic mass is 35.5. The minimum atomic E-state index is -0.647. The molecule has 1 fully saturated rings. The van der Waals surface area contributed by atoms with Crippen molar-refractivity contribution in [1.82, 2.24) is 15.1 Å². The molecule has 1 aromatic heterocycles. The van der Waals surface area contributed by atoms with Gasteiger partial charge in [-0.2, -0.15) is 5.10 Å². The first kappa shape index (κ1) is 19.4. The molecule has 1 aliphatic carbocycles. The first-order valence-electron chi connectivity index (χ1n) is 9.24. The van der Waals surface area contributed by atoms with E-state index in [2.05, 4.69) is 17.3 Å². The number of hydrogen-bond donors (Lipinski definition) is 1. The third-order valence-electron chi connectivity index (χ3n) is 5.00. The summed E-state index contributed by atoms with van der Waals surface area (Å²) in [6, 6.07) is 9.43. The van der Waals surface area contributed by atoms with Gasteiger partial charge in [0.15, 0.2) is 6.61 Å². The highest BCUT2D eigenvalue weighted by molar-refractivity contribution is 6.33. The van der Waals surface area contributed by atoms with Crippen LogP contribution in [0.2, 0.25) is 5.15 Å². The van der Waals surface area contributed by atoms with E-state index in [4.69, 9.17) is 16.3 Å². The molecular weight excluding hydrogens is 366 g/mol. The van der Waals surface area contributed by atoms with Crippen LogP contribution in [0, 0.1) is 12.8 Å². The summed E-state index contributed by atoms with van der Waals surface area (Å²) in [6.07, 6.45) is 4.39. The molecule has 2 atom stereocenters. The molecule has 1 N–H and O–H groups in total.